The van der Waals surface area contributed by atoms with E-state index in [1.165, 1.54) is 38.0 Å². The number of anilines is 1. The summed E-state index contributed by atoms with van der Waals surface area (Å²) in [5.41, 5.74) is 8.07. The van der Waals surface area contributed by atoms with E-state index in [0.717, 1.165) is 17.9 Å². The third kappa shape index (κ3) is 2.47. The molecule has 1 aliphatic heterocycles. The molecule has 0 radical (unpaired) electrons. The smallest absolute Gasteiger partial charge is 0.142 e. The largest absolute Gasteiger partial charge is 0.495 e. The summed E-state index contributed by atoms with van der Waals surface area (Å²) in [5.74, 6) is 0.800. The summed E-state index contributed by atoms with van der Waals surface area (Å²) in [5, 5.41) is 0. The Labute approximate surface area is 97.2 Å². The van der Waals surface area contributed by atoms with E-state index in [1.807, 2.05) is 12.1 Å². The van der Waals surface area contributed by atoms with Gasteiger partial charge in [-0.05, 0) is 11.6 Å². The zero-order valence-corrected chi connectivity index (χ0v) is 9.96. The molecule has 1 aliphatic rings. The number of benzene rings is 1. The maximum atomic E-state index is 6.04. The lowest BCUT2D eigenvalue weighted by Gasteiger charge is -2.14. The molecule has 16 heavy (non-hydrogen) atoms. The standard InChI is InChI=1S/C13H20N2O/c1-16-12-6-4-5-11(13(12)14)7-10-15-8-2-3-9-15/h4-6H,2-3,7-10,14H2,1H3/p+1. The van der Waals surface area contributed by atoms with Gasteiger partial charge < -0.3 is 15.4 Å². The van der Waals surface area contributed by atoms with Gasteiger partial charge in [-0.3, -0.25) is 0 Å². The number of ether oxygens (including phenoxy) is 1. The molecular weight excluding hydrogens is 200 g/mol. The van der Waals surface area contributed by atoms with Crippen LogP contribution in [0.4, 0.5) is 5.69 Å². The van der Waals surface area contributed by atoms with Crippen molar-refractivity contribution in [2.75, 3.05) is 32.5 Å². The topological polar surface area (TPSA) is 39.7 Å². The Morgan fingerprint density at radius 3 is 2.75 bits per heavy atom. The van der Waals surface area contributed by atoms with E-state index in [0.29, 0.717) is 0 Å². The second-order valence-corrected chi connectivity index (χ2v) is 4.49. The number of para-hydroxylation sites is 1. The number of methoxy groups -OCH3 is 1. The zero-order chi connectivity index (χ0) is 11.4. The molecule has 2 rings (SSSR count). The number of nitrogen functional groups attached to an aromatic ring is 1. The Morgan fingerprint density at radius 1 is 1.31 bits per heavy atom. The van der Waals surface area contributed by atoms with Gasteiger partial charge in [-0.1, -0.05) is 12.1 Å². The predicted molar refractivity (Wildman–Crippen MR) is 65.9 cm³/mol. The van der Waals surface area contributed by atoms with E-state index in [-0.39, 0.29) is 0 Å². The molecular formula is C13H21N2O+. The van der Waals surface area contributed by atoms with Crippen LogP contribution in [-0.2, 0) is 6.42 Å². The minimum Gasteiger partial charge on any atom is -0.495 e. The molecule has 0 atom stereocenters. The van der Waals surface area contributed by atoms with Crippen molar-refractivity contribution in [1.82, 2.24) is 0 Å². The number of hydrogen-bond donors (Lipinski definition) is 2. The maximum absolute atomic E-state index is 6.04. The SMILES string of the molecule is COc1cccc(CC[NH+]2CCCC2)c1N. The van der Waals surface area contributed by atoms with Gasteiger partial charge in [-0.25, -0.2) is 0 Å². The minimum absolute atomic E-state index is 0.800. The molecule has 0 saturated carbocycles. The molecule has 1 aromatic rings. The van der Waals surface area contributed by atoms with Gasteiger partial charge >= 0.3 is 0 Å². The van der Waals surface area contributed by atoms with Crippen molar-refractivity contribution >= 4 is 5.69 Å². The van der Waals surface area contributed by atoms with E-state index in [2.05, 4.69) is 6.07 Å². The second kappa shape index (κ2) is 5.21. The van der Waals surface area contributed by atoms with Crippen molar-refractivity contribution in [3.05, 3.63) is 23.8 Å². The molecule has 1 saturated heterocycles. The van der Waals surface area contributed by atoms with Crippen LogP contribution in [0.3, 0.4) is 0 Å². The molecule has 0 amide bonds. The predicted octanol–water partition coefficient (Wildman–Crippen LogP) is 0.499. The fourth-order valence-electron chi connectivity index (χ4n) is 2.42. The van der Waals surface area contributed by atoms with Crippen LogP contribution in [0.1, 0.15) is 18.4 Å². The van der Waals surface area contributed by atoms with Gasteiger partial charge in [-0.2, -0.15) is 0 Å². The van der Waals surface area contributed by atoms with Crippen molar-refractivity contribution < 1.29 is 9.64 Å². The summed E-state index contributed by atoms with van der Waals surface area (Å²) in [7, 11) is 1.67. The van der Waals surface area contributed by atoms with E-state index in [4.69, 9.17) is 10.5 Å². The van der Waals surface area contributed by atoms with Crippen LogP contribution < -0.4 is 15.4 Å². The highest BCUT2D eigenvalue weighted by Gasteiger charge is 2.15. The first kappa shape index (κ1) is 11.3. The van der Waals surface area contributed by atoms with Crippen LogP contribution in [0.15, 0.2) is 18.2 Å². The van der Waals surface area contributed by atoms with Crippen LogP contribution >= 0.6 is 0 Å². The Morgan fingerprint density at radius 2 is 2.06 bits per heavy atom. The van der Waals surface area contributed by atoms with Crippen LogP contribution in [0, 0.1) is 0 Å². The number of likely N-dealkylation sites (tertiary alicyclic amines) is 1. The Hall–Kier alpha value is -1.22. The van der Waals surface area contributed by atoms with Gasteiger partial charge in [0.25, 0.3) is 0 Å². The van der Waals surface area contributed by atoms with Crippen molar-refractivity contribution in [1.29, 1.82) is 0 Å². The van der Waals surface area contributed by atoms with Crippen molar-refractivity contribution in [2.24, 2.45) is 0 Å². The van der Waals surface area contributed by atoms with Crippen molar-refractivity contribution in [3.63, 3.8) is 0 Å². The van der Waals surface area contributed by atoms with Crippen molar-refractivity contribution in [2.45, 2.75) is 19.3 Å². The normalized spacial score (nSPS) is 16.6. The molecule has 1 heterocycles. The molecule has 88 valence electrons. The van der Waals surface area contributed by atoms with Gasteiger partial charge in [0, 0.05) is 19.3 Å². The van der Waals surface area contributed by atoms with Gasteiger partial charge in [0.2, 0.25) is 0 Å². The van der Waals surface area contributed by atoms with E-state index in [1.54, 1.807) is 12.0 Å². The first-order valence-corrected chi connectivity index (χ1v) is 6.06. The zero-order valence-electron chi connectivity index (χ0n) is 9.96. The quantitative estimate of drug-likeness (QED) is 0.727. The molecule has 3 nitrogen and oxygen atoms in total. The fourth-order valence-corrected chi connectivity index (χ4v) is 2.42. The third-order valence-electron chi connectivity index (χ3n) is 3.43. The lowest BCUT2D eigenvalue weighted by atomic mass is 10.1. The lowest BCUT2D eigenvalue weighted by Crippen LogP contribution is -3.10. The summed E-state index contributed by atoms with van der Waals surface area (Å²) in [6.07, 6.45) is 3.81. The van der Waals surface area contributed by atoms with Gasteiger partial charge in [0.05, 0.1) is 32.4 Å². The number of hydrogen-bond acceptors (Lipinski definition) is 2. The summed E-state index contributed by atoms with van der Waals surface area (Å²) in [6, 6.07) is 6.04. The summed E-state index contributed by atoms with van der Waals surface area (Å²) in [6.45, 7) is 3.84. The van der Waals surface area contributed by atoms with Crippen molar-refractivity contribution in [3.8, 4) is 5.75 Å². The van der Waals surface area contributed by atoms with E-state index >= 15 is 0 Å². The highest BCUT2D eigenvalue weighted by atomic mass is 16.5. The molecule has 0 aliphatic carbocycles. The molecule has 3 heteroatoms. The fraction of sp³-hybridized carbons (Fsp3) is 0.538. The maximum Gasteiger partial charge on any atom is 0.142 e. The first-order chi connectivity index (χ1) is 7.81. The Balaban J connectivity index is 1.97. The van der Waals surface area contributed by atoms with Crippen LogP contribution in [0.5, 0.6) is 5.75 Å². The summed E-state index contributed by atoms with van der Waals surface area (Å²) >= 11 is 0. The molecule has 1 fully saturated rings. The molecule has 0 spiro atoms. The van der Waals surface area contributed by atoms with E-state index < -0.39 is 0 Å². The summed E-state index contributed by atoms with van der Waals surface area (Å²) < 4.78 is 5.23. The second-order valence-electron chi connectivity index (χ2n) is 4.49. The molecule has 0 aromatic heterocycles. The lowest BCUT2D eigenvalue weighted by molar-refractivity contribution is -0.887. The Bertz CT molecular complexity index is 346. The van der Waals surface area contributed by atoms with Gasteiger partial charge in [0.1, 0.15) is 5.75 Å². The third-order valence-corrected chi connectivity index (χ3v) is 3.43. The average Bonchev–Trinajstić information content (AvgIpc) is 2.81. The van der Waals surface area contributed by atoms with E-state index in [9.17, 15) is 0 Å². The number of quaternary nitrogens is 1. The van der Waals surface area contributed by atoms with Crippen LogP contribution in [0.25, 0.3) is 0 Å². The highest BCUT2D eigenvalue weighted by Crippen LogP contribution is 2.24. The highest BCUT2D eigenvalue weighted by molar-refractivity contribution is 5.58. The number of rotatable bonds is 4. The Kier molecular flexibility index (Phi) is 3.67. The van der Waals surface area contributed by atoms with Gasteiger partial charge in [0.15, 0.2) is 0 Å². The number of nitrogens with two attached hydrogens (primary N) is 1. The summed E-state index contributed by atoms with van der Waals surface area (Å²) in [4.78, 5) is 1.71. The monoisotopic (exact) mass is 221 g/mol. The van der Waals surface area contributed by atoms with Crippen LogP contribution in [0.2, 0.25) is 0 Å². The molecule has 3 N–H and O–H groups in total. The molecule has 0 bridgehead atoms. The average molecular weight is 221 g/mol. The number of nitrogens with one attached hydrogen (secondary N) is 1. The van der Waals surface area contributed by atoms with Gasteiger partial charge in [-0.15, -0.1) is 0 Å². The molecule has 0 unspecified atom stereocenters. The van der Waals surface area contributed by atoms with Crippen LogP contribution in [-0.4, -0.2) is 26.7 Å². The minimum atomic E-state index is 0.800. The molecule has 1 aromatic carbocycles. The first-order valence-electron chi connectivity index (χ1n) is 6.06.